The summed E-state index contributed by atoms with van der Waals surface area (Å²) in [5.74, 6) is -5.72. The average Bonchev–Trinajstić information content (AvgIpc) is 2.54. The summed E-state index contributed by atoms with van der Waals surface area (Å²) in [4.78, 5) is 27.0. The first-order chi connectivity index (χ1) is 11.3. The zero-order valence-electron chi connectivity index (χ0n) is 13.1. The number of nitrogens with zero attached hydrogens (tertiary/aromatic N) is 1. The zero-order valence-corrected chi connectivity index (χ0v) is 13.1. The van der Waals surface area contributed by atoms with E-state index in [1.807, 2.05) is 5.43 Å². The van der Waals surface area contributed by atoms with Gasteiger partial charge in [-0.05, 0) is 31.2 Å². The number of carbonyl (C=O) groups is 2. The molecule has 0 aliphatic heterocycles. The molecule has 1 aromatic heterocycles. The van der Waals surface area contributed by atoms with E-state index in [-0.39, 0.29) is 11.5 Å². The molecule has 2 aromatic rings. The Kier molecular flexibility index (Phi) is 5.08. The molecule has 1 heterocycles. The van der Waals surface area contributed by atoms with Crippen molar-refractivity contribution in [3.63, 3.8) is 0 Å². The van der Waals surface area contributed by atoms with Crippen molar-refractivity contribution >= 4 is 23.3 Å². The molecule has 1 aromatic carbocycles. The van der Waals surface area contributed by atoms with Crippen LogP contribution >= 0.6 is 0 Å². The Bertz CT molecular complexity index is 751. The molecule has 6 nitrogen and oxygen atoms in total. The van der Waals surface area contributed by atoms with Gasteiger partial charge in [-0.3, -0.25) is 20.4 Å². The fourth-order valence-electron chi connectivity index (χ4n) is 1.97. The molecule has 126 valence electrons. The van der Waals surface area contributed by atoms with Crippen molar-refractivity contribution in [2.45, 2.75) is 19.8 Å². The van der Waals surface area contributed by atoms with Crippen LogP contribution in [-0.2, 0) is 15.5 Å². The lowest BCUT2D eigenvalue weighted by atomic mass is 10.0. The van der Waals surface area contributed by atoms with Crippen LogP contribution in [0, 0.1) is 6.92 Å². The lowest BCUT2D eigenvalue weighted by Crippen LogP contribution is -2.41. The highest BCUT2D eigenvalue weighted by Crippen LogP contribution is 2.34. The Labute approximate surface area is 137 Å². The van der Waals surface area contributed by atoms with E-state index in [4.69, 9.17) is 0 Å². The van der Waals surface area contributed by atoms with Gasteiger partial charge in [0.15, 0.2) is 0 Å². The van der Waals surface area contributed by atoms with Crippen LogP contribution in [0.5, 0.6) is 0 Å². The Balaban J connectivity index is 2.23. The fourth-order valence-corrected chi connectivity index (χ4v) is 1.97. The largest absolute Gasteiger partial charge is 0.353 e. The number of hydrogen-bond acceptors (Lipinski definition) is 4. The number of carbonyl (C=O) groups excluding carboxylic acids is 2. The van der Waals surface area contributed by atoms with Gasteiger partial charge in [0.2, 0.25) is 5.91 Å². The highest BCUT2D eigenvalue weighted by atomic mass is 19.3. The molecule has 8 heteroatoms. The molecule has 0 saturated heterocycles. The second-order valence-corrected chi connectivity index (χ2v) is 5.10. The van der Waals surface area contributed by atoms with Crippen LogP contribution in [0.2, 0.25) is 0 Å². The van der Waals surface area contributed by atoms with Crippen LogP contribution in [0.3, 0.4) is 0 Å². The van der Waals surface area contributed by atoms with Crippen LogP contribution in [0.25, 0.3) is 0 Å². The monoisotopic (exact) mass is 334 g/mol. The molecular formula is C16H16F2N4O2. The van der Waals surface area contributed by atoms with Crippen molar-refractivity contribution < 1.29 is 18.4 Å². The summed E-state index contributed by atoms with van der Waals surface area (Å²) in [6.45, 7) is 2.81. The van der Waals surface area contributed by atoms with Crippen molar-refractivity contribution in [2.75, 3.05) is 10.7 Å². The molecule has 24 heavy (non-hydrogen) atoms. The molecule has 2 amide bonds. The van der Waals surface area contributed by atoms with Gasteiger partial charge in [0, 0.05) is 13.1 Å². The standard InChI is InChI=1S/C16H16F2N4O2/c1-10-6-7-13(20-11(2)23)12(9-10)16(17,18)15(24)22-21-14-5-3-4-8-19-14/h3-9H,1-2H3,(H,19,21)(H,20,23)(H,22,24). The van der Waals surface area contributed by atoms with Gasteiger partial charge in [0.1, 0.15) is 5.82 Å². The van der Waals surface area contributed by atoms with Gasteiger partial charge >= 0.3 is 11.8 Å². The molecular weight excluding hydrogens is 318 g/mol. The third-order valence-electron chi connectivity index (χ3n) is 3.08. The number of aromatic nitrogens is 1. The van der Waals surface area contributed by atoms with Gasteiger partial charge < -0.3 is 5.32 Å². The Morgan fingerprint density at radius 3 is 2.54 bits per heavy atom. The van der Waals surface area contributed by atoms with Gasteiger partial charge in [-0.15, -0.1) is 0 Å². The van der Waals surface area contributed by atoms with Gasteiger partial charge in [-0.2, -0.15) is 8.78 Å². The molecule has 0 unspecified atom stereocenters. The summed E-state index contributed by atoms with van der Waals surface area (Å²) in [6.07, 6.45) is 1.45. The van der Waals surface area contributed by atoms with Gasteiger partial charge in [0.05, 0.1) is 11.3 Å². The molecule has 0 saturated carbocycles. The first kappa shape index (κ1) is 17.3. The third kappa shape index (κ3) is 4.03. The number of anilines is 2. The van der Waals surface area contributed by atoms with E-state index in [0.717, 1.165) is 6.07 Å². The molecule has 0 aliphatic carbocycles. The Hall–Kier alpha value is -3.03. The number of pyridine rings is 1. The van der Waals surface area contributed by atoms with Crippen molar-refractivity contribution in [1.82, 2.24) is 10.4 Å². The minimum absolute atomic E-state index is 0.119. The molecule has 0 atom stereocenters. The highest BCUT2D eigenvalue weighted by Gasteiger charge is 2.43. The number of alkyl halides is 2. The minimum Gasteiger partial charge on any atom is -0.326 e. The van der Waals surface area contributed by atoms with Crippen LogP contribution in [0.4, 0.5) is 20.3 Å². The van der Waals surface area contributed by atoms with Crippen molar-refractivity contribution in [1.29, 1.82) is 0 Å². The summed E-state index contributed by atoms with van der Waals surface area (Å²) in [5, 5.41) is 2.30. The van der Waals surface area contributed by atoms with E-state index >= 15 is 0 Å². The van der Waals surface area contributed by atoms with E-state index in [2.05, 4.69) is 15.7 Å². The minimum atomic E-state index is -3.86. The number of nitrogens with one attached hydrogen (secondary N) is 3. The number of halogens is 2. The molecule has 0 radical (unpaired) electrons. The summed E-state index contributed by atoms with van der Waals surface area (Å²) in [6, 6.07) is 8.84. The number of aryl methyl sites for hydroxylation is 1. The summed E-state index contributed by atoms with van der Waals surface area (Å²) in [5.41, 5.74) is 4.07. The highest BCUT2D eigenvalue weighted by molar-refractivity contribution is 5.93. The van der Waals surface area contributed by atoms with E-state index in [9.17, 15) is 18.4 Å². The number of amides is 2. The number of hydrazine groups is 1. The summed E-state index contributed by atoms with van der Waals surface area (Å²) in [7, 11) is 0. The topological polar surface area (TPSA) is 83.1 Å². The predicted molar refractivity (Wildman–Crippen MR) is 85.4 cm³/mol. The molecule has 0 aliphatic rings. The van der Waals surface area contributed by atoms with E-state index in [1.165, 1.54) is 25.3 Å². The van der Waals surface area contributed by atoms with E-state index < -0.39 is 23.3 Å². The van der Waals surface area contributed by atoms with Crippen molar-refractivity contribution in [3.05, 3.63) is 53.7 Å². The molecule has 3 N–H and O–H groups in total. The maximum Gasteiger partial charge on any atom is 0.353 e. The molecule has 0 bridgehead atoms. The lowest BCUT2D eigenvalue weighted by Gasteiger charge is -2.20. The smallest absolute Gasteiger partial charge is 0.326 e. The third-order valence-corrected chi connectivity index (χ3v) is 3.08. The first-order valence-corrected chi connectivity index (χ1v) is 7.04. The molecule has 2 rings (SSSR count). The maximum absolute atomic E-state index is 14.5. The van der Waals surface area contributed by atoms with Crippen LogP contribution in [0.1, 0.15) is 18.1 Å². The number of benzene rings is 1. The maximum atomic E-state index is 14.5. The Morgan fingerprint density at radius 2 is 1.92 bits per heavy atom. The Morgan fingerprint density at radius 1 is 1.17 bits per heavy atom. The van der Waals surface area contributed by atoms with Gasteiger partial charge in [-0.1, -0.05) is 17.7 Å². The van der Waals surface area contributed by atoms with Crippen molar-refractivity contribution in [3.8, 4) is 0 Å². The van der Waals surface area contributed by atoms with Crippen molar-refractivity contribution in [2.24, 2.45) is 0 Å². The molecule has 0 fully saturated rings. The fraction of sp³-hybridized carbons (Fsp3) is 0.188. The quantitative estimate of drug-likeness (QED) is 0.734. The van der Waals surface area contributed by atoms with Crippen LogP contribution < -0.4 is 16.2 Å². The van der Waals surface area contributed by atoms with Gasteiger partial charge in [0.25, 0.3) is 0 Å². The zero-order chi connectivity index (χ0) is 17.7. The SMILES string of the molecule is CC(=O)Nc1ccc(C)cc1C(F)(F)C(=O)NNc1ccccn1. The second-order valence-electron chi connectivity index (χ2n) is 5.10. The van der Waals surface area contributed by atoms with Crippen LogP contribution in [0.15, 0.2) is 42.6 Å². The second kappa shape index (κ2) is 7.03. The summed E-state index contributed by atoms with van der Waals surface area (Å²) >= 11 is 0. The first-order valence-electron chi connectivity index (χ1n) is 7.04. The van der Waals surface area contributed by atoms with E-state index in [1.54, 1.807) is 25.1 Å². The number of hydrogen-bond donors (Lipinski definition) is 3. The predicted octanol–water partition coefficient (Wildman–Crippen LogP) is 2.58. The van der Waals surface area contributed by atoms with Crippen LogP contribution in [-0.4, -0.2) is 16.8 Å². The van der Waals surface area contributed by atoms with Gasteiger partial charge in [-0.25, -0.2) is 4.98 Å². The molecule has 0 spiro atoms. The average molecular weight is 334 g/mol. The van der Waals surface area contributed by atoms with E-state index in [0.29, 0.717) is 5.56 Å². The lowest BCUT2D eigenvalue weighted by molar-refractivity contribution is -0.146. The normalized spacial score (nSPS) is 10.8. The number of rotatable bonds is 5. The summed E-state index contributed by atoms with van der Waals surface area (Å²) < 4.78 is 29.0.